The molecule has 0 aliphatic rings. The van der Waals surface area contributed by atoms with Gasteiger partial charge in [-0.3, -0.25) is 14.4 Å². The number of carbonyl (C=O) groups excluding carboxylic acids is 2. The molecule has 0 atom stereocenters. The first kappa shape index (κ1) is 20.6. The van der Waals surface area contributed by atoms with Gasteiger partial charge in [0.2, 0.25) is 5.91 Å². The van der Waals surface area contributed by atoms with Crippen LogP contribution >= 0.6 is 11.6 Å². The summed E-state index contributed by atoms with van der Waals surface area (Å²) in [6.07, 6.45) is 1.37. The van der Waals surface area contributed by atoms with Gasteiger partial charge < -0.3 is 9.32 Å². The zero-order valence-electron chi connectivity index (χ0n) is 16.7. The molecule has 0 bridgehead atoms. The number of amides is 1. The number of carbonyl (C=O) groups is 2. The lowest BCUT2D eigenvalue weighted by Crippen LogP contribution is -2.38. The van der Waals surface area contributed by atoms with Crippen LogP contribution in [0.25, 0.3) is 10.9 Å². The molecule has 6 nitrogen and oxygen atoms in total. The zero-order valence-corrected chi connectivity index (χ0v) is 17.5. The predicted molar refractivity (Wildman–Crippen MR) is 120 cm³/mol. The van der Waals surface area contributed by atoms with Crippen molar-refractivity contribution in [3.05, 3.63) is 99.7 Å². The second-order valence-corrected chi connectivity index (χ2v) is 7.37. The number of hydrogen-bond donors (Lipinski definition) is 0. The van der Waals surface area contributed by atoms with Crippen LogP contribution in [0.15, 0.2) is 82.2 Å². The number of hydrogen-bond acceptors (Lipinski definition) is 4. The monoisotopic (exact) mass is 434 g/mol. The fourth-order valence-corrected chi connectivity index (χ4v) is 3.64. The second-order valence-electron chi connectivity index (χ2n) is 6.93. The van der Waals surface area contributed by atoms with E-state index in [0.717, 1.165) is 4.57 Å². The Hall–Kier alpha value is -3.64. The minimum Gasteiger partial charge on any atom is -0.469 e. The summed E-state index contributed by atoms with van der Waals surface area (Å²) in [5.41, 5.74) is 0.309. The molecule has 156 valence electrons. The number of fused-ring (bicyclic) bond motifs is 1. The molecule has 7 heteroatoms. The van der Waals surface area contributed by atoms with Crippen LogP contribution in [0, 0.1) is 0 Å². The Kier molecular flexibility index (Phi) is 5.73. The van der Waals surface area contributed by atoms with Crippen molar-refractivity contribution in [3.8, 4) is 0 Å². The van der Waals surface area contributed by atoms with Gasteiger partial charge in [-0.1, -0.05) is 29.8 Å². The highest BCUT2D eigenvalue weighted by atomic mass is 35.5. The van der Waals surface area contributed by atoms with Gasteiger partial charge in [-0.15, -0.1) is 0 Å². The fourth-order valence-electron chi connectivity index (χ4n) is 3.51. The molecule has 0 saturated carbocycles. The molecular weight excluding hydrogens is 416 g/mol. The van der Waals surface area contributed by atoms with Gasteiger partial charge in [0, 0.05) is 17.3 Å². The molecule has 0 radical (unpaired) electrons. The maximum Gasteiger partial charge on any atom is 0.270 e. The Labute approximate surface area is 183 Å². The van der Waals surface area contributed by atoms with E-state index in [1.54, 1.807) is 60.7 Å². The number of anilines is 1. The van der Waals surface area contributed by atoms with E-state index in [-0.39, 0.29) is 12.0 Å². The van der Waals surface area contributed by atoms with Gasteiger partial charge in [0.15, 0.2) is 0 Å². The Morgan fingerprint density at radius 2 is 1.77 bits per heavy atom. The SMILES string of the molecule is CCN(C(=O)c1cc2ccccc2n(C(=O)Cc2ccco2)c1=O)c1ccc(Cl)cc1. The third kappa shape index (κ3) is 4.02. The topological polar surface area (TPSA) is 72.5 Å². The summed E-state index contributed by atoms with van der Waals surface area (Å²) in [6.45, 7) is 2.15. The normalized spacial score (nSPS) is 10.9. The van der Waals surface area contributed by atoms with E-state index in [9.17, 15) is 14.4 Å². The number of furan rings is 1. The second kappa shape index (κ2) is 8.62. The molecule has 0 spiro atoms. The molecule has 31 heavy (non-hydrogen) atoms. The molecule has 0 unspecified atom stereocenters. The summed E-state index contributed by atoms with van der Waals surface area (Å²) >= 11 is 5.96. The van der Waals surface area contributed by atoms with E-state index < -0.39 is 17.4 Å². The van der Waals surface area contributed by atoms with Crippen molar-refractivity contribution in [1.29, 1.82) is 0 Å². The van der Waals surface area contributed by atoms with Gasteiger partial charge in [0.1, 0.15) is 11.3 Å². The van der Waals surface area contributed by atoms with E-state index in [1.165, 1.54) is 17.2 Å². The lowest BCUT2D eigenvalue weighted by molar-refractivity contribution is 0.0908. The Morgan fingerprint density at radius 1 is 1.03 bits per heavy atom. The highest BCUT2D eigenvalue weighted by Crippen LogP contribution is 2.21. The average Bonchev–Trinajstić information content (AvgIpc) is 3.28. The van der Waals surface area contributed by atoms with Crippen LogP contribution < -0.4 is 10.5 Å². The van der Waals surface area contributed by atoms with Gasteiger partial charge in [0.05, 0.1) is 18.2 Å². The Bertz CT molecular complexity index is 1310. The molecule has 2 heterocycles. The predicted octanol–water partition coefficient (Wildman–Crippen LogP) is 4.80. The van der Waals surface area contributed by atoms with Crippen molar-refractivity contribution in [2.24, 2.45) is 0 Å². The minimum absolute atomic E-state index is 0.0803. The van der Waals surface area contributed by atoms with Crippen molar-refractivity contribution >= 4 is 40.0 Å². The molecule has 2 aromatic heterocycles. The van der Waals surface area contributed by atoms with Gasteiger partial charge in [-0.25, -0.2) is 4.57 Å². The molecule has 4 aromatic rings. The van der Waals surface area contributed by atoms with Gasteiger partial charge >= 0.3 is 0 Å². The van der Waals surface area contributed by atoms with Crippen molar-refractivity contribution < 1.29 is 14.0 Å². The van der Waals surface area contributed by atoms with Gasteiger partial charge in [-0.2, -0.15) is 0 Å². The molecule has 0 aliphatic carbocycles. The summed E-state index contributed by atoms with van der Waals surface area (Å²) in [6, 6.07) is 18.6. The van der Waals surface area contributed by atoms with Crippen molar-refractivity contribution in [3.63, 3.8) is 0 Å². The molecule has 0 saturated heterocycles. The molecular formula is C24H19ClN2O4. The van der Waals surface area contributed by atoms with Crippen LogP contribution in [0.2, 0.25) is 5.02 Å². The first-order valence-electron chi connectivity index (χ1n) is 9.77. The average molecular weight is 435 g/mol. The molecule has 0 aliphatic heterocycles. The summed E-state index contributed by atoms with van der Waals surface area (Å²) in [5, 5.41) is 1.16. The molecule has 2 aromatic carbocycles. The van der Waals surface area contributed by atoms with Crippen molar-refractivity contribution in [1.82, 2.24) is 4.57 Å². The van der Waals surface area contributed by atoms with E-state index in [1.807, 2.05) is 6.92 Å². The zero-order chi connectivity index (χ0) is 22.0. The largest absolute Gasteiger partial charge is 0.469 e. The Balaban J connectivity index is 1.83. The Morgan fingerprint density at radius 3 is 2.45 bits per heavy atom. The van der Waals surface area contributed by atoms with Gasteiger partial charge in [-0.05, 0) is 60.8 Å². The third-order valence-electron chi connectivity index (χ3n) is 5.00. The van der Waals surface area contributed by atoms with E-state index >= 15 is 0 Å². The molecule has 0 N–H and O–H groups in total. The summed E-state index contributed by atoms with van der Waals surface area (Å²) in [5.74, 6) is -0.519. The summed E-state index contributed by atoms with van der Waals surface area (Å²) in [7, 11) is 0. The van der Waals surface area contributed by atoms with Crippen LogP contribution in [0.4, 0.5) is 5.69 Å². The lowest BCUT2D eigenvalue weighted by atomic mass is 10.1. The fraction of sp³-hybridized carbons (Fsp3) is 0.125. The summed E-state index contributed by atoms with van der Waals surface area (Å²) < 4.78 is 6.31. The number of para-hydroxylation sites is 1. The maximum atomic E-state index is 13.4. The maximum absolute atomic E-state index is 13.4. The lowest BCUT2D eigenvalue weighted by Gasteiger charge is -2.21. The number of rotatable bonds is 5. The molecule has 4 rings (SSSR count). The van der Waals surface area contributed by atoms with E-state index in [2.05, 4.69) is 0 Å². The number of halogens is 1. The van der Waals surface area contributed by atoms with Crippen LogP contribution in [-0.4, -0.2) is 22.9 Å². The van der Waals surface area contributed by atoms with Crippen LogP contribution in [0.3, 0.4) is 0 Å². The molecule has 1 amide bonds. The number of aromatic nitrogens is 1. The first-order valence-corrected chi connectivity index (χ1v) is 10.1. The number of nitrogens with zero attached hydrogens (tertiary/aromatic N) is 2. The summed E-state index contributed by atoms with van der Waals surface area (Å²) in [4.78, 5) is 41.2. The van der Waals surface area contributed by atoms with E-state index in [4.69, 9.17) is 16.0 Å². The van der Waals surface area contributed by atoms with Crippen molar-refractivity contribution in [2.45, 2.75) is 13.3 Å². The van der Waals surface area contributed by atoms with Crippen molar-refractivity contribution in [2.75, 3.05) is 11.4 Å². The minimum atomic E-state index is -0.660. The number of benzene rings is 2. The molecule has 0 fully saturated rings. The standard InChI is InChI=1S/C24H19ClN2O4/c1-2-26(18-11-9-17(25)10-12-18)23(29)20-14-16-6-3-4-8-21(16)27(24(20)30)22(28)15-19-7-5-13-31-19/h3-14H,2,15H2,1H3. The van der Waals surface area contributed by atoms with Crippen LogP contribution in [0.1, 0.15) is 27.8 Å². The first-order chi connectivity index (χ1) is 15.0. The third-order valence-corrected chi connectivity index (χ3v) is 5.25. The number of pyridine rings is 1. The van der Waals surface area contributed by atoms with Gasteiger partial charge in [0.25, 0.3) is 11.5 Å². The van der Waals surface area contributed by atoms with E-state index in [0.29, 0.717) is 33.9 Å². The smallest absolute Gasteiger partial charge is 0.270 e. The quantitative estimate of drug-likeness (QED) is 0.452. The highest BCUT2D eigenvalue weighted by molar-refractivity contribution is 6.30. The highest BCUT2D eigenvalue weighted by Gasteiger charge is 2.24. The van der Waals surface area contributed by atoms with Crippen LogP contribution in [-0.2, 0) is 6.42 Å². The van der Waals surface area contributed by atoms with Crippen LogP contribution in [0.5, 0.6) is 0 Å².